The summed E-state index contributed by atoms with van der Waals surface area (Å²) < 4.78 is 0. The molecule has 4 heterocycles. The number of nitrogens with one attached hydrogen (secondary N) is 3. The third-order valence-corrected chi connectivity index (χ3v) is 6.82. The van der Waals surface area contributed by atoms with Gasteiger partial charge in [-0.3, -0.25) is 0 Å². The third kappa shape index (κ3) is 4.16. The molecule has 1 unspecified atom stereocenters. The van der Waals surface area contributed by atoms with E-state index in [4.69, 9.17) is 16.6 Å². The topological polar surface area (TPSA) is 111 Å². The molecule has 4 aromatic rings. The molecule has 1 aliphatic carbocycles. The summed E-state index contributed by atoms with van der Waals surface area (Å²) in [5, 5.41) is 15.1. The molecule has 1 saturated heterocycles. The normalized spacial score (nSPS) is 18.5. The van der Waals surface area contributed by atoms with Crippen molar-refractivity contribution in [1.29, 1.82) is 0 Å². The predicted octanol–water partition coefficient (Wildman–Crippen LogP) is 3.60. The van der Waals surface area contributed by atoms with Gasteiger partial charge >= 0.3 is 0 Å². The van der Waals surface area contributed by atoms with Crippen molar-refractivity contribution in [2.45, 2.75) is 37.6 Å². The molecule has 168 valence electrons. The summed E-state index contributed by atoms with van der Waals surface area (Å²) >= 11 is 6.14. The van der Waals surface area contributed by atoms with Crippen molar-refractivity contribution >= 4 is 23.4 Å². The first-order valence-electron chi connectivity index (χ1n) is 11.2. The first-order chi connectivity index (χ1) is 16.2. The van der Waals surface area contributed by atoms with Crippen molar-refractivity contribution < 1.29 is 0 Å². The number of piperidine rings is 1. The van der Waals surface area contributed by atoms with Crippen LogP contribution >= 0.6 is 11.6 Å². The van der Waals surface area contributed by atoms with E-state index < -0.39 is 0 Å². The largest absolute Gasteiger partial charge is 0.357 e. The molecule has 6 rings (SSSR count). The summed E-state index contributed by atoms with van der Waals surface area (Å²) in [6.45, 7) is 1.89. The summed E-state index contributed by atoms with van der Waals surface area (Å²) in [5.74, 6) is 2.83. The summed E-state index contributed by atoms with van der Waals surface area (Å²) in [5.41, 5.74) is 4.44. The lowest BCUT2D eigenvalue weighted by Crippen LogP contribution is -2.33. The maximum absolute atomic E-state index is 6.14. The van der Waals surface area contributed by atoms with Gasteiger partial charge in [-0.25, -0.2) is 15.0 Å². The average Bonchev–Trinajstić information content (AvgIpc) is 3.60. The maximum atomic E-state index is 6.14. The summed E-state index contributed by atoms with van der Waals surface area (Å²) in [6, 6.07) is 8.25. The van der Waals surface area contributed by atoms with Gasteiger partial charge in [-0.1, -0.05) is 17.7 Å². The Labute approximate surface area is 196 Å². The molecular formula is C23H24ClN9. The van der Waals surface area contributed by atoms with E-state index in [-0.39, 0.29) is 6.04 Å². The molecule has 0 saturated carbocycles. The number of aromatic nitrogens is 7. The van der Waals surface area contributed by atoms with Gasteiger partial charge in [-0.05, 0) is 55.0 Å². The Balaban J connectivity index is 1.11. The number of benzene rings is 1. The van der Waals surface area contributed by atoms with Crippen LogP contribution in [0.2, 0.25) is 5.02 Å². The third-order valence-electron chi connectivity index (χ3n) is 6.58. The monoisotopic (exact) mass is 461 g/mol. The molecule has 0 spiro atoms. The van der Waals surface area contributed by atoms with E-state index in [9.17, 15) is 0 Å². The van der Waals surface area contributed by atoms with Gasteiger partial charge in [-0.2, -0.15) is 15.4 Å². The Morgan fingerprint density at radius 2 is 1.91 bits per heavy atom. The smallest absolute Gasteiger partial charge is 0.223 e. The lowest BCUT2D eigenvalue weighted by Gasteiger charge is -2.31. The number of H-pyrrole nitrogens is 2. The number of nitrogens with zero attached hydrogens (tertiary/aromatic N) is 6. The van der Waals surface area contributed by atoms with Crippen LogP contribution < -0.4 is 10.2 Å². The number of fused-ring (bicyclic) bond motifs is 1. The molecule has 0 amide bonds. The number of imidazole rings is 1. The van der Waals surface area contributed by atoms with E-state index >= 15 is 0 Å². The standard InChI is InChI=1S/C23H24ClN9/c24-17-2-1-15-10-18(11-16(15)9-17)28-23-25-6-3-19(29-23)22-26-13-21(30-22)33-7-4-14(5-8-33)20-12-27-32-31-20/h1-3,6,9,12-14,18H,4-5,7-8,10-11H2,(H,26,30)(H,25,28,29)(H,27,31,32). The van der Waals surface area contributed by atoms with E-state index in [0.717, 1.165) is 66.8 Å². The fraction of sp³-hybridized carbons (Fsp3) is 0.348. The molecule has 1 atom stereocenters. The molecule has 1 aliphatic heterocycles. The van der Waals surface area contributed by atoms with Crippen LogP contribution in [0.25, 0.3) is 11.5 Å². The highest BCUT2D eigenvalue weighted by Gasteiger charge is 2.24. The highest BCUT2D eigenvalue weighted by Crippen LogP contribution is 2.30. The fourth-order valence-electron chi connectivity index (χ4n) is 4.86. The highest BCUT2D eigenvalue weighted by atomic mass is 35.5. The highest BCUT2D eigenvalue weighted by molar-refractivity contribution is 6.30. The van der Waals surface area contributed by atoms with E-state index in [1.807, 2.05) is 24.5 Å². The molecule has 9 nitrogen and oxygen atoms in total. The zero-order valence-corrected chi connectivity index (χ0v) is 18.8. The SMILES string of the molecule is Clc1ccc2c(c1)CC(Nc1nccc(-c3ncc(N4CCC(c5cn[nH]n5)CC4)[nH]3)n1)C2. The zero-order chi connectivity index (χ0) is 22.2. The summed E-state index contributed by atoms with van der Waals surface area (Å²) in [6.07, 6.45) is 9.42. The van der Waals surface area contributed by atoms with E-state index in [2.05, 4.69) is 52.7 Å². The van der Waals surface area contributed by atoms with Gasteiger partial charge in [0, 0.05) is 36.3 Å². The quantitative estimate of drug-likeness (QED) is 0.416. The molecule has 2 aliphatic rings. The molecule has 0 bridgehead atoms. The van der Waals surface area contributed by atoms with Crippen molar-refractivity contribution in [1.82, 2.24) is 35.3 Å². The van der Waals surface area contributed by atoms with Crippen molar-refractivity contribution in [3.05, 3.63) is 64.7 Å². The molecule has 3 N–H and O–H groups in total. The number of anilines is 2. The molecule has 10 heteroatoms. The van der Waals surface area contributed by atoms with E-state index in [1.165, 1.54) is 11.1 Å². The second kappa shape index (κ2) is 8.47. The van der Waals surface area contributed by atoms with E-state index in [1.54, 1.807) is 6.20 Å². The Bertz CT molecular complexity index is 1240. The Hall–Kier alpha value is -3.46. The molecule has 1 fully saturated rings. The molecule has 0 radical (unpaired) electrons. The number of hydrogen-bond acceptors (Lipinski definition) is 7. The second-order valence-corrected chi connectivity index (χ2v) is 9.14. The van der Waals surface area contributed by atoms with Gasteiger partial charge in [0.05, 0.1) is 18.1 Å². The van der Waals surface area contributed by atoms with Gasteiger partial charge in [0.2, 0.25) is 5.95 Å². The van der Waals surface area contributed by atoms with Crippen LogP contribution in [0.15, 0.2) is 42.9 Å². The van der Waals surface area contributed by atoms with Crippen LogP contribution in [0.3, 0.4) is 0 Å². The van der Waals surface area contributed by atoms with Crippen LogP contribution in [-0.4, -0.2) is 54.5 Å². The first-order valence-corrected chi connectivity index (χ1v) is 11.6. The van der Waals surface area contributed by atoms with Crippen LogP contribution in [0.5, 0.6) is 0 Å². The van der Waals surface area contributed by atoms with Gasteiger partial charge in [-0.15, -0.1) is 0 Å². The Morgan fingerprint density at radius 1 is 1.03 bits per heavy atom. The minimum absolute atomic E-state index is 0.256. The van der Waals surface area contributed by atoms with Crippen LogP contribution in [0.4, 0.5) is 11.8 Å². The predicted molar refractivity (Wildman–Crippen MR) is 126 cm³/mol. The molecule has 33 heavy (non-hydrogen) atoms. The first kappa shape index (κ1) is 20.2. The lowest BCUT2D eigenvalue weighted by molar-refractivity contribution is 0.493. The van der Waals surface area contributed by atoms with Gasteiger partial charge in [0.25, 0.3) is 0 Å². The van der Waals surface area contributed by atoms with Crippen LogP contribution in [0.1, 0.15) is 35.6 Å². The van der Waals surface area contributed by atoms with Gasteiger partial charge in [0.1, 0.15) is 11.5 Å². The maximum Gasteiger partial charge on any atom is 0.223 e. The molecule has 3 aromatic heterocycles. The van der Waals surface area contributed by atoms with E-state index in [0.29, 0.717) is 11.9 Å². The number of aromatic amines is 2. The minimum Gasteiger partial charge on any atom is -0.357 e. The fourth-order valence-corrected chi connectivity index (χ4v) is 5.05. The molecule has 1 aromatic carbocycles. The number of hydrogen-bond donors (Lipinski definition) is 3. The average molecular weight is 462 g/mol. The summed E-state index contributed by atoms with van der Waals surface area (Å²) in [7, 11) is 0. The van der Waals surface area contributed by atoms with Crippen LogP contribution in [0, 0.1) is 0 Å². The van der Waals surface area contributed by atoms with Gasteiger partial charge < -0.3 is 15.2 Å². The second-order valence-electron chi connectivity index (χ2n) is 8.70. The Morgan fingerprint density at radius 3 is 2.76 bits per heavy atom. The zero-order valence-electron chi connectivity index (χ0n) is 18.0. The van der Waals surface area contributed by atoms with Crippen molar-refractivity contribution in [3.63, 3.8) is 0 Å². The molecular weight excluding hydrogens is 438 g/mol. The minimum atomic E-state index is 0.256. The summed E-state index contributed by atoms with van der Waals surface area (Å²) in [4.78, 5) is 19.5. The lowest BCUT2D eigenvalue weighted by atomic mass is 9.94. The van der Waals surface area contributed by atoms with Crippen molar-refractivity contribution in [2.75, 3.05) is 23.3 Å². The van der Waals surface area contributed by atoms with Crippen molar-refractivity contribution in [3.8, 4) is 11.5 Å². The number of halogens is 1. The number of rotatable bonds is 5. The van der Waals surface area contributed by atoms with Crippen LogP contribution in [-0.2, 0) is 12.8 Å². The van der Waals surface area contributed by atoms with Crippen molar-refractivity contribution in [2.24, 2.45) is 0 Å². The van der Waals surface area contributed by atoms with Gasteiger partial charge in [0.15, 0.2) is 5.82 Å². The Kier molecular flexibility index (Phi) is 5.18.